The third kappa shape index (κ3) is 1.88. The standard InChI is InChI=1S/C12H16N4O4/c1-3-19-12(20-4-2)5-7-13-9-8(16(7)6-12)10(17)15-11(18)14-9/h3-6H2,1-2H3,(H2,14,15,17,18). The maximum Gasteiger partial charge on any atom is 0.327 e. The van der Waals surface area contributed by atoms with Gasteiger partial charge in [0.2, 0.25) is 0 Å². The van der Waals surface area contributed by atoms with Crippen LogP contribution in [0.1, 0.15) is 19.7 Å². The molecule has 0 saturated carbocycles. The summed E-state index contributed by atoms with van der Waals surface area (Å²) in [4.78, 5) is 32.2. The monoisotopic (exact) mass is 280 g/mol. The van der Waals surface area contributed by atoms with Gasteiger partial charge in [-0.2, -0.15) is 0 Å². The second kappa shape index (κ2) is 4.57. The van der Waals surface area contributed by atoms with Gasteiger partial charge in [0.15, 0.2) is 17.0 Å². The van der Waals surface area contributed by atoms with Crippen LogP contribution in [0.15, 0.2) is 9.59 Å². The lowest BCUT2D eigenvalue weighted by molar-refractivity contribution is -0.230. The van der Waals surface area contributed by atoms with Gasteiger partial charge in [-0.1, -0.05) is 0 Å². The summed E-state index contributed by atoms with van der Waals surface area (Å²) >= 11 is 0. The van der Waals surface area contributed by atoms with Crippen LogP contribution in [0.25, 0.3) is 11.2 Å². The molecule has 0 aliphatic carbocycles. The molecule has 1 aliphatic heterocycles. The smallest absolute Gasteiger partial charge is 0.327 e. The van der Waals surface area contributed by atoms with Gasteiger partial charge in [0.1, 0.15) is 5.82 Å². The Morgan fingerprint density at radius 3 is 2.60 bits per heavy atom. The summed E-state index contributed by atoms with van der Waals surface area (Å²) in [5, 5.41) is 0. The predicted molar refractivity (Wildman–Crippen MR) is 70.7 cm³/mol. The molecule has 0 spiro atoms. The first kappa shape index (κ1) is 13.1. The highest BCUT2D eigenvalue weighted by Gasteiger charge is 2.41. The quantitative estimate of drug-likeness (QED) is 0.751. The molecular weight excluding hydrogens is 264 g/mol. The Bertz CT molecular complexity index is 751. The minimum atomic E-state index is -0.775. The van der Waals surface area contributed by atoms with Crippen molar-refractivity contribution in [3.8, 4) is 0 Å². The molecule has 0 unspecified atom stereocenters. The van der Waals surface area contributed by atoms with Crippen LogP contribution in [0.5, 0.6) is 0 Å². The van der Waals surface area contributed by atoms with Crippen molar-refractivity contribution in [2.24, 2.45) is 0 Å². The van der Waals surface area contributed by atoms with Crippen LogP contribution in [0.2, 0.25) is 0 Å². The van der Waals surface area contributed by atoms with E-state index in [9.17, 15) is 9.59 Å². The van der Waals surface area contributed by atoms with Gasteiger partial charge in [-0.3, -0.25) is 14.8 Å². The Morgan fingerprint density at radius 2 is 1.95 bits per heavy atom. The molecule has 2 aromatic rings. The fourth-order valence-corrected chi connectivity index (χ4v) is 2.72. The lowest BCUT2D eigenvalue weighted by atomic mass is 10.2. The first-order chi connectivity index (χ1) is 9.58. The SMILES string of the molecule is CCOC1(OCC)Cc2nc3[nH]c(=O)[nH]c(=O)c3n2C1. The Labute approximate surface area is 113 Å². The van der Waals surface area contributed by atoms with Crippen molar-refractivity contribution < 1.29 is 9.47 Å². The van der Waals surface area contributed by atoms with Gasteiger partial charge < -0.3 is 14.0 Å². The molecule has 0 saturated heterocycles. The zero-order valence-electron chi connectivity index (χ0n) is 11.4. The Balaban J connectivity index is 2.11. The molecule has 0 atom stereocenters. The molecule has 0 amide bonds. The van der Waals surface area contributed by atoms with E-state index in [0.717, 1.165) is 0 Å². The van der Waals surface area contributed by atoms with Crippen LogP contribution in [-0.2, 0) is 22.4 Å². The van der Waals surface area contributed by atoms with E-state index in [2.05, 4.69) is 15.0 Å². The Kier molecular flexibility index (Phi) is 2.98. The van der Waals surface area contributed by atoms with E-state index >= 15 is 0 Å². The molecule has 1 aliphatic rings. The van der Waals surface area contributed by atoms with Crippen molar-refractivity contribution in [1.29, 1.82) is 0 Å². The number of ether oxygens (including phenoxy) is 2. The average Bonchev–Trinajstić information content (AvgIpc) is 2.82. The fraction of sp³-hybridized carbons (Fsp3) is 0.583. The summed E-state index contributed by atoms with van der Waals surface area (Å²) in [6, 6.07) is 0. The van der Waals surface area contributed by atoms with Crippen molar-refractivity contribution >= 4 is 11.2 Å². The van der Waals surface area contributed by atoms with Crippen LogP contribution in [-0.4, -0.2) is 38.5 Å². The molecule has 0 radical (unpaired) electrons. The Morgan fingerprint density at radius 1 is 1.25 bits per heavy atom. The number of nitrogens with one attached hydrogen (secondary N) is 2. The number of hydrogen-bond acceptors (Lipinski definition) is 5. The first-order valence-electron chi connectivity index (χ1n) is 6.58. The number of nitrogens with zero attached hydrogens (tertiary/aromatic N) is 2. The number of H-pyrrole nitrogens is 2. The number of hydrogen-bond donors (Lipinski definition) is 2. The van der Waals surface area contributed by atoms with Gasteiger partial charge in [-0.05, 0) is 13.8 Å². The molecule has 3 rings (SSSR count). The van der Waals surface area contributed by atoms with Crippen LogP contribution in [0.3, 0.4) is 0 Å². The first-order valence-corrected chi connectivity index (χ1v) is 6.58. The normalized spacial score (nSPS) is 16.7. The van der Waals surface area contributed by atoms with E-state index in [-0.39, 0.29) is 0 Å². The summed E-state index contributed by atoms with van der Waals surface area (Å²) in [5.74, 6) is -0.1000. The van der Waals surface area contributed by atoms with E-state index in [0.29, 0.717) is 43.2 Å². The molecule has 0 bridgehead atoms. The van der Waals surface area contributed by atoms with Crippen molar-refractivity contribution in [3.63, 3.8) is 0 Å². The largest absolute Gasteiger partial charge is 0.348 e. The van der Waals surface area contributed by atoms with Gasteiger partial charge in [0.05, 0.1) is 13.0 Å². The number of aromatic nitrogens is 4. The summed E-state index contributed by atoms with van der Waals surface area (Å²) in [7, 11) is 0. The molecule has 8 nitrogen and oxygen atoms in total. The van der Waals surface area contributed by atoms with Crippen molar-refractivity contribution in [2.45, 2.75) is 32.6 Å². The predicted octanol–water partition coefficient (Wildman–Crippen LogP) is -0.262. The zero-order chi connectivity index (χ0) is 14.3. The summed E-state index contributed by atoms with van der Waals surface area (Å²) in [5.41, 5.74) is -0.359. The van der Waals surface area contributed by atoms with Gasteiger partial charge in [0, 0.05) is 13.2 Å². The number of rotatable bonds is 4. The van der Waals surface area contributed by atoms with Crippen LogP contribution < -0.4 is 11.2 Å². The van der Waals surface area contributed by atoms with Gasteiger partial charge in [-0.15, -0.1) is 0 Å². The molecule has 8 heteroatoms. The molecule has 0 fully saturated rings. The summed E-state index contributed by atoms with van der Waals surface area (Å²) in [6.07, 6.45) is 0.449. The lowest BCUT2D eigenvalue weighted by Gasteiger charge is -2.27. The average molecular weight is 280 g/mol. The lowest BCUT2D eigenvalue weighted by Crippen LogP contribution is -2.38. The van der Waals surface area contributed by atoms with E-state index in [1.165, 1.54) is 0 Å². The van der Waals surface area contributed by atoms with Gasteiger partial charge in [-0.25, -0.2) is 9.78 Å². The fourth-order valence-electron chi connectivity index (χ4n) is 2.72. The maximum atomic E-state index is 11.9. The molecule has 2 aromatic heterocycles. The molecule has 0 aromatic carbocycles. The summed E-state index contributed by atoms with van der Waals surface area (Å²) < 4.78 is 13.2. The maximum absolute atomic E-state index is 11.9. The summed E-state index contributed by atoms with van der Waals surface area (Å²) in [6.45, 7) is 5.19. The van der Waals surface area contributed by atoms with Gasteiger partial charge >= 0.3 is 5.69 Å². The van der Waals surface area contributed by atoms with Crippen molar-refractivity contribution in [2.75, 3.05) is 13.2 Å². The van der Waals surface area contributed by atoms with Crippen LogP contribution >= 0.6 is 0 Å². The highest BCUT2D eigenvalue weighted by Crippen LogP contribution is 2.30. The van der Waals surface area contributed by atoms with Crippen LogP contribution in [0.4, 0.5) is 0 Å². The molecule has 20 heavy (non-hydrogen) atoms. The zero-order valence-corrected chi connectivity index (χ0v) is 11.4. The van der Waals surface area contributed by atoms with E-state index < -0.39 is 17.0 Å². The minimum Gasteiger partial charge on any atom is -0.348 e. The second-order valence-corrected chi connectivity index (χ2v) is 4.67. The third-order valence-electron chi connectivity index (χ3n) is 3.36. The van der Waals surface area contributed by atoms with Crippen molar-refractivity contribution in [3.05, 3.63) is 26.7 Å². The van der Waals surface area contributed by atoms with Crippen LogP contribution in [0, 0.1) is 0 Å². The number of aromatic amines is 2. The van der Waals surface area contributed by atoms with E-state index in [4.69, 9.17) is 9.47 Å². The second-order valence-electron chi connectivity index (χ2n) is 4.67. The third-order valence-corrected chi connectivity index (χ3v) is 3.36. The molecule has 2 N–H and O–H groups in total. The van der Waals surface area contributed by atoms with E-state index in [1.54, 1.807) is 4.57 Å². The highest BCUT2D eigenvalue weighted by atomic mass is 16.7. The number of fused-ring (bicyclic) bond motifs is 3. The minimum absolute atomic E-state index is 0.301. The topological polar surface area (TPSA) is 102 Å². The molecular formula is C12H16N4O4. The van der Waals surface area contributed by atoms with Gasteiger partial charge in [0.25, 0.3) is 5.56 Å². The molecule has 3 heterocycles. The van der Waals surface area contributed by atoms with Crippen molar-refractivity contribution in [1.82, 2.24) is 19.5 Å². The Hall–Kier alpha value is -1.93. The highest BCUT2D eigenvalue weighted by molar-refractivity contribution is 5.70. The number of imidazole rings is 1. The van der Waals surface area contributed by atoms with E-state index in [1.807, 2.05) is 13.8 Å². The molecule has 108 valence electrons.